The number of hydrogen-bond donors (Lipinski definition) is 0. The summed E-state index contributed by atoms with van der Waals surface area (Å²) in [6, 6.07) is 0. The minimum Gasteiger partial charge on any atom is -0.462 e. The summed E-state index contributed by atoms with van der Waals surface area (Å²) in [5, 5.41) is 0. The van der Waals surface area contributed by atoms with E-state index in [1.807, 2.05) is 0 Å². The van der Waals surface area contributed by atoms with Crippen molar-refractivity contribution in [2.24, 2.45) is 0 Å². The molecule has 6 nitrogen and oxygen atoms in total. The van der Waals surface area contributed by atoms with Gasteiger partial charge in [0.25, 0.3) is 0 Å². The number of ether oxygens (including phenoxy) is 3. The molecule has 0 fully saturated rings. The average Bonchev–Trinajstić information content (AvgIpc) is 3.47. The average molecular weight is 1140 g/mol. The van der Waals surface area contributed by atoms with Crippen molar-refractivity contribution in [3.8, 4) is 0 Å². The van der Waals surface area contributed by atoms with Gasteiger partial charge in [0.05, 0.1) is 0 Å². The lowest BCUT2D eigenvalue weighted by Gasteiger charge is -2.18. The van der Waals surface area contributed by atoms with E-state index in [-0.39, 0.29) is 31.1 Å². The van der Waals surface area contributed by atoms with E-state index in [2.05, 4.69) is 20.8 Å². The van der Waals surface area contributed by atoms with E-state index in [1.54, 1.807) is 0 Å². The summed E-state index contributed by atoms with van der Waals surface area (Å²) in [5.74, 6) is -0.817. The molecule has 1 atom stereocenters. The first-order valence-corrected chi connectivity index (χ1v) is 37.5. The van der Waals surface area contributed by atoms with E-state index < -0.39 is 6.10 Å². The van der Waals surface area contributed by atoms with Crippen LogP contribution in [0.25, 0.3) is 0 Å². The van der Waals surface area contributed by atoms with Crippen molar-refractivity contribution < 1.29 is 28.6 Å². The molecule has 0 rings (SSSR count). The molecule has 0 amide bonds. The highest BCUT2D eigenvalue weighted by Crippen LogP contribution is 2.20. The van der Waals surface area contributed by atoms with Crippen molar-refractivity contribution in [1.29, 1.82) is 0 Å². The van der Waals surface area contributed by atoms with Gasteiger partial charge in [-0.3, -0.25) is 14.4 Å². The molecule has 0 aromatic rings. The highest BCUT2D eigenvalue weighted by Gasteiger charge is 2.20. The Morgan fingerprint density at radius 2 is 0.333 bits per heavy atom. The molecule has 0 saturated heterocycles. The molecule has 0 aliphatic heterocycles. The summed E-state index contributed by atoms with van der Waals surface area (Å²) >= 11 is 0. The lowest BCUT2D eigenvalue weighted by molar-refractivity contribution is -0.167. The van der Waals surface area contributed by atoms with Crippen molar-refractivity contribution in [1.82, 2.24) is 0 Å². The van der Waals surface area contributed by atoms with Crippen LogP contribution in [0.2, 0.25) is 0 Å². The molecule has 81 heavy (non-hydrogen) atoms. The van der Waals surface area contributed by atoms with E-state index in [0.717, 1.165) is 57.8 Å². The van der Waals surface area contributed by atoms with E-state index in [4.69, 9.17) is 14.2 Å². The number of unbranched alkanes of at least 4 members (excludes halogenated alkanes) is 60. The first-order chi connectivity index (χ1) is 40.0. The van der Waals surface area contributed by atoms with E-state index in [0.29, 0.717) is 19.3 Å². The smallest absolute Gasteiger partial charge is 0.306 e. The van der Waals surface area contributed by atoms with Crippen LogP contribution < -0.4 is 0 Å². The zero-order valence-corrected chi connectivity index (χ0v) is 55.6. The fourth-order valence-electron chi connectivity index (χ4n) is 12.0. The van der Waals surface area contributed by atoms with Gasteiger partial charge in [-0.15, -0.1) is 0 Å². The second-order valence-electron chi connectivity index (χ2n) is 25.9. The lowest BCUT2D eigenvalue weighted by atomic mass is 10.0. The Balaban J connectivity index is 4.16. The molecular weight excluding hydrogens is 997 g/mol. The van der Waals surface area contributed by atoms with Crippen molar-refractivity contribution in [3.63, 3.8) is 0 Å². The Kier molecular flexibility index (Phi) is 69.5. The molecule has 0 aromatic carbocycles. The second-order valence-corrected chi connectivity index (χ2v) is 25.9. The molecule has 0 spiro atoms. The van der Waals surface area contributed by atoms with Gasteiger partial charge >= 0.3 is 17.9 Å². The number of hydrogen-bond acceptors (Lipinski definition) is 6. The predicted molar refractivity (Wildman–Crippen MR) is 354 cm³/mol. The van der Waals surface area contributed by atoms with Crippen LogP contribution in [0.4, 0.5) is 0 Å². The molecule has 0 aliphatic rings. The molecule has 1 unspecified atom stereocenters. The molecular formula is C75H146O6. The normalized spacial score (nSPS) is 11.9. The van der Waals surface area contributed by atoms with Gasteiger partial charge in [0.2, 0.25) is 0 Å². The van der Waals surface area contributed by atoms with E-state index in [1.165, 1.54) is 347 Å². The summed E-state index contributed by atoms with van der Waals surface area (Å²) in [7, 11) is 0. The zero-order valence-electron chi connectivity index (χ0n) is 55.6. The SMILES string of the molecule is CCCCCCCCCCCCCCCCCCCCCCCCCCCCCCC(=O)OCC(COC(=O)CCCCCCCCCCCCCCCC)OC(=O)CCCCCCCCCCCCCCCCCCCCCCC. The molecule has 0 radical (unpaired) electrons. The van der Waals surface area contributed by atoms with Crippen LogP contribution in [0.1, 0.15) is 445 Å². The molecule has 0 bridgehead atoms. The molecule has 0 aliphatic carbocycles. The molecule has 0 saturated carbocycles. The number of esters is 3. The molecule has 0 aromatic heterocycles. The fourth-order valence-corrected chi connectivity index (χ4v) is 12.0. The largest absolute Gasteiger partial charge is 0.462 e. The summed E-state index contributed by atoms with van der Waals surface area (Å²) in [6.45, 7) is 6.75. The van der Waals surface area contributed by atoms with E-state index in [9.17, 15) is 14.4 Å². The number of carbonyl (C=O) groups excluding carboxylic acids is 3. The van der Waals surface area contributed by atoms with E-state index >= 15 is 0 Å². The Morgan fingerprint density at radius 3 is 0.494 bits per heavy atom. The topological polar surface area (TPSA) is 78.9 Å². The monoisotopic (exact) mass is 1140 g/mol. The quantitative estimate of drug-likeness (QED) is 0.0343. The predicted octanol–water partition coefficient (Wildman–Crippen LogP) is 25.8. The highest BCUT2D eigenvalue weighted by atomic mass is 16.6. The maximum absolute atomic E-state index is 13.0. The van der Waals surface area contributed by atoms with Crippen molar-refractivity contribution in [2.45, 2.75) is 451 Å². The summed E-state index contributed by atoms with van der Waals surface area (Å²) < 4.78 is 17.0. The summed E-state index contributed by atoms with van der Waals surface area (Å²) in [5.41, 5.74) is 0. The third-order valence-corrected chi connectivity index (χ3v) is 17.6. The third-order valence-electron chi connectivity index (χ3n) is 17.6. The van der Waals surface area contributed by atoms with Gasteiger partial charge in [-0.05, 0) is 19.3 Å². The van der Waals surface area contributed by atoms with Crippen molar-refractivity contribution >= 4 is 17.9 Å². The zero-order chi connectivity index (χ0) is 58.5. The Bertz CT molecular complexity index is 1220. The minimum absolute atomic E-state index is 0.0600. The third kappa shape index (κ3) is 69.1. The van der Waals surface area contributed by atoms with Gasteiger partial charge in [0.15, 0.2) is 6.10 Å². The number of carbonyl (C=O) groups is 3. The fraction of sp³-hybridized carbons (Fsp3) is 0.960. The Morgan fingerprint density at radius 1 is 0.198 bits per heavy atom. The Labute approximate surface area is 508 Å². The van der Waals surface area contributed by atoms with Crippen LogP contribution in [-0.2, 0) is 28.6 Å². The first-order valence-electron chi connectivity index (χ1n) is 37.5. The van der Waals surface area contributed by atoms with Gasteiger partial charge in [0, 0.05) is 19.3 Å². The van der Waals surface area contributed by atoms with Gasteiger partial charge in [-0.2, -0.15) is 0 Å². The van der Waals surface area contributed by atoms with Crippen molar-refractivity contribution in [3.05, 3.63) is 0 Å². The maximum atomic E-state index is 13.0. The molecule has 0 heterocycles. The van der Waals surface area contributed by atoms with Gasteiger partial charge in [-0.1, -0.05) is 406 Å². The van der Waals surface area contributed by atoms with Crippen LogP contribution in [0.3, 0.4) is 0 Å². The van der Waals surface area contributed by atoms with Crippen LogP contribution >= 0.6 is 0 Å². The molecule has 6 heteroatoms. The van der Waals surface area contributed by atoms with Crippen LogP contribution in [0.15, 0.2) is 0 Å². The second kappa shape index (κ2) is 70.9. The highest BCUT2D eigenvalue weighted by molar-refractivity contribution is 5.71. The van der Waals surface area contributed by atoms with Crippen LogP contribution in [0, 0.1) is 0 Å². The molecule has 482 valence electrons. The van der Waals surface area contributed by atoms with Gasteiger partial charge in [0.1, 0.15) is 13.2 Å². The first kappa shape index (κ1) is 79.4. The van der Waals surface area contributed by atoms with Gasteiger partial charge < -0.3 is 14.2 Å². The standard InChI is InChI=1S/C75H146O6/c1-4-7-10-13-16-19-22-25-28-30-32-34-35-36-37-38-39-40-42-43-45-47-50-53-56-59-62-65-68-74(77)80-71-72(70-79-73(76)67-64-61-58-55-52-49-27-24-21-18-15-12-9-6-3)81-75(78)69-66-63-60-57-54-51-48-46-44-41-33-31-29-26-23-20-17-14-11-8-5-2/h72H,4-71H2,1-3H3. The lowest BCUT2D eigenvalue weighted by Crippen LogP contribution is -2.30. The van der Waals surface area contributed by atoms with Gasteiger partial charge in [-0.25, -0.2) is 0 Å². The maximum Gasteiger partial charge on any atom is 0.306 e. The van der Waals surface area contributed by atoms with Crippen LogP contribution in [0.5, 0.6) is 0 Å². The number of rotatable bonds is 71. The minimum atomic E-state index is -0.764. The summed E-state index contributed by atoms with van der Waals surface area (Å²) in [4.78, 5) is 38.5. The molecule has 0 N–H and O–H groups in total. The Hall–Kier alpha value is -1.59. The summed E-state index contributed by atoms with van der Waals surface area (Å²) in [6.07, 6.45) is 84.4. The van der Waals surface area contributed by atoms with Crippen LogP contribution in [-0.4, -0.2) is 37.2 Å². The van der Waals surface area contributed by atoms with Crippen molar-refractivity contribution in [2.75, 3.05) is 13.2 Å².